The van der Waals surface area contributed by atoms with Crippen LogP contribution in [0, 0.1) is 11.5 Å². The quantitative estimate of drug-likeness (QED) is 0.277. The molecule has 1 aliphatic carbocycles. The smallest absolute Gasteiger partial charge is 0.235 e. The Labute approximate surface area is 166 Å². The maximum Gasteiger partial charge on any atom is 0.235 e. The standard InChI is InChI=1S/C19H27N5O3S/c1-21-18(23-14-20)24-16-8-10-19(11-9-16,15-6-4-3-5-7-15)13-22-17(25)12-28(2,26)27/h3-7,16H,8-13H2,1-2H3,(H,22,25)(H2,21,23,24). The minimum absolute atomic E-state index is 0.170. The lowest BCUT2D eigenvalue weighted by molar-refractivity contribution is -0.119. The van der Waals surface area contributed by atoms with Crippen molar-refractivity contribution in [3.05, 3.63) is 35.9 Å². The molecule has 1 saturated carbocycles. The largest absolute Gasteiger partial charge is 0.354 e. The third-order valence-corrected chi connectivity index (χ3v) is 5.87. The van der Waals surface area contributed by atoms with Crippen molar-refractivity contribution < 1.29 is 13.2 Å². The van der Waals surface area contributed by atoms with E-state index in [0.29, 0.717) is 12.5 Å². The number of aliphatic imine (C=N–C) groups is 1. The van der Waals surface area contributed by atoms with Gasteiger partial charge >= 0.3 is 0 Å². The summed E-state index contributed by atoms with van der Waals surface area (Å²) < 4.78 is 22.7. The van der Waals surface area contributed by atoms with Gasteiger partial charge in [-0.25, -0.2) is 8.42 Å². The second kappa shape index (κ2) is 9.55. The summed E-state index contributed by atoms with van der Waals surface area (Å²) in [7, 11) is -1.75. The van der Waals surface area contributed by atoms with Gasteiger partial charge in [-0.3, -0.25) is 15.1 Å². The molecule has 8 nitrogen and oxygen atoms in total. The molecule has 0 aliphatic heterocycles. The fraction of sp³-hybridized carbons (Fsp3) is 0.526. The van der Waals surface area contributed by atoms with E-state index in [1.165, 1.54) is 0 Å². The van der Waals surface area contributed by atoms with Gasteiger partial charge in [-0.1, -0.05) is 30.3 Å². The van der Waals surface area contributed by atoms with Crippen molar-refractivity contribution in [1.82, 2.24) is 16.0 Å². The van der Waals surface area contributed by atoms with Crippen molar-refractivity contribution in [2.75, 3.05) is 25.6 Å². The van der Waals surface area contributed by atoms with Crippen LogP contribution in [0.4, 0.5) is 0 Å². The van der Waals surface area contributed by atoms with Gasteiger partial charge in [-0.2, -0.15) is 5.26 Å². The van der Waals surface area contributed by atoms with Gasteiger partial charge in [0.05, 0.1) is 0 Å². The van der Waals surface area contributed by atoms with Gasteiger partial charge in [-0.05, 0) is 31.2 Å². The lowest BCUT2D eigenvalue weighted by Gasteiger charge is -2.41. The molecule has 1 aromatic rings. The maximum absolute atomic E-state index is 12.0. The summed E-state index contributed by atoms with van der Waals surface area (Å²) in [6, 6.07) is 10.2. The van der Waals surface area contributed by atoms with E-state index in [1.807, 2.05) is 36.5 Å². The first kappa shape index (κ1) is 21.7. The molecule has 28 heavy (non-hydrogen) atoms. The first-order chi connectivity index (χ1) is 13.3. The monoisotopic (exact) mass is 405 g/mol. The average Bonchev–Trinajstić information content (AvgIpc) is 2.66. The number of carbonyl (C=O) groups excluding carboxylic acids is 1. The van der Waals surface area contributed by atoms with Crippen molar-refractivity contribution in [3.8, 4) is 6.19 Å². The number of nitriles is 1. The van der Waals surface area contributed by atoms with Gasteiger partial charge in [0, 0.05) is 31.3 Å². The molecule has 0 radical (unpaired) electrons. The van der Waals surface area contributed by atoms with Crippen LogP contribution in [0.3, 0.4) is 0 Å². The Morgan fingerprint density at radius 2 is 1.93 bits per heavy atom. The van der Waals surface area contributed by atoms with Gasteiger partial charge in [0.25, 0.3) is 0 Å². The fourth-order valence-electron chi connectivity index (χ4n) is 3.63. The average molecular weight is 406 g/mol. The SMILES string of the molecule is CN=C(NC#N)NC1CCC(CNC(=O)CS(C)(=O)=O)(c2ccccc2)CC1. The molecule has 0 saturated heterocycles. The van der Waals surface area contributed by atoms with Gasteiger partial charge in [0.15, 0.2) is 16.0 Å². The zero-order chi connectivity index (χ0) is 20.6. The normalized spacial score (nSPS) is 22.8. The van der Waals surface area contributed by atoms with Crippen molar-refractivity contribution in [2.45, 2.75) is 37.1 Å². The lowest BCUT2D eigenvalue weighted by Crippen LogP contribution is -2.49. The molecule has 2 rings (SSSR count). The first-order valence-corrected chi connectivity index (χ1v) is 11.2. The minimum atomic E-state index is -3.36. The van der Waals surface area contributed by atoms with Crippen LogP contribution in [0.5, 0.6) is 0 Å². The van der Waals surface area contributed by atoms with Crippen molar-refractivity contribution in [3.63, 3.8) is 0 Å². The van der Waals surface area contributed by atoms with E-state index in [2.05, 4.69) is 20.9 Å². The second-order valence-corrected chi connectivity index (χ2v) is 9.36. The fourth-order valence-corrected chi connectivity index (χ4v) is 4.21. The van der Waals surface area contributed by atoms with Crippen LogP contribution in [0.25, 0.3) is 0 Å². The predicted molar refractivity (Wildman–Crippen MR) is 108 cm³/mol. The molecule has 0 bridgehead atoms. The van der Waals surface area contributed by atoms with E-state index in [9.17, 15) is 13.2 Å². The highest BCUT2D eigenvalue weighted by Crippen LogP contribution is 2.39. The third-order valence-electron chi connectivity index (χ3n) is 5.08. The Bertz CT molecular complexity index is 838. The summed E-state index contributed by atoms with van der Waals surface area (Å²) in [5, 5.41) is 17.4. The highest BCUT2D eigenvalue weighted by atomic mass is 32.2. The number of guanidine groups is 1. The number of hydrogen-bond donors (Lipinski definition) is 3. The van der Waals surface area contributed by atoms with E-state index in [1.54, 1.807) is 7.05 Å². The molecule has 0 atom stereocenters. The number of hydrogen-bond acceptors (Lipinski definition) is 5. The minimum Gasteiger partial charge on any atom is -0.354 e. The zero-order valence-corrected chi connectivity index (χ0v) is 17.1. The van der Waals surface area contributed by atoms with Crippen LogP contribution in [0.2, 0.25) is 0 Å². The molecule has 152 valence electrons. The van der Waals surface area contributed by atoms with Crippen LogP contribution in [-0.4, -0.2) is 51.9 Å². The molecular weight excluding hydrogens is 378 g/mol. The summed E-state index contributed by atoms with van der Waals surface area (Å²) in [6.07, 6.45) is 6.22. The second-order valence-electron chi connectivity index (χ2n) is 7.22. The maximum atomic E-state index is 12.0. The van der Waals surface area contributed by atoms with E-state index < -0.39 is 21.5 Å². The van der Waals surface area contributed by atoms with Crippen LogP contribution in [0.1, 0.15) is 31.2 Å². The number of nitrogens with zero attached hydrogens (tertiary/aromatic N) is 2. The zero-order valence-electron chi connectivity index (χ0n) is 16.2. The lowest BCUT2D eigenvalue weighted by atomic mass is 9.68. The van der Waals surface area contributed by atoms with E-state index >= 15 is 0 Å². The summed E-state index contributed by atoms with van der Waals surface area (Å²) in [5.74, 6) is -0.532. The van der Waals surface area contributed by atoms with E-state index in [4.69, 9.17) is 5.26 Å². The third kappa shape index (κ3) is 6.23. The number of rotatable bonds is 6. The van der Waals surface area contributed by atoms with Crippen molar-refractivity contribution in [1.29, 1.82) is 5.26 Å². The number of sulfone groups is 1. The van der Waals surface area contributed by atoms with E-state index in [0.717, 1.165) is 37.5 Å². The van der Waals surface area contributed by atoms with Crippen molar-refractivity contribution in [2.24, 2.45) is 4.99 Å². The van der Waals surface area contributed by atoms with Crippen LogP contribution in [-0.2, 0) is 20.0 Å². The highest BCUT2D eigenvalue weighted by Gasteiger charge is 2.37. The Hall–Kier alpha value is -2.60. The van der Waals surface area contributed by atoms with Gasteiger partial charge < -0.3 is 10.6 Å². The molecule has 1 amide bonds. The number of benzene rings is 1. The summed E-state index contributed by atoms with van der Waals surface area (Å²) in [5.41, 5.74) is 0.881. The Morgan fingerprint density at radius 1 is 1.29 bits per heavy atom. The van der Waals surface area contributed by atoms with Crippen LogP contribution >= 0.6 is 0 Å². The molecular formula is C19H27N5O3S. The Morgan fingerprint density at radius 3 is 2.46 bits per heavy atom. The molecule has 0 spiro atoms. The van der Waals surface area contributed by atoms with Gasteiger partial charge in [0.1, 0.15) is 5.75 Å². The predicted octanol–water partition coefficient (Wildman–Crippen LogP) is 0.674. The molecule has 1 fully saturated rings. The van der Waals surface area contributed by atoms with Crippen LogP contribution in [0.15, 0.2) is 35.3 Å². The van der Waals surface area contributed by atoms with Gasteiger partial charge in [0.2, 0.25) is 11.9 Å². The van der Waals surface area contributed by atoms with Crippen LogP contribution < -0.4 is 16.0 Å². The number of amides is 1. The molecule has 1 aliphatic rings. The molecule has 1 aromatic carbocycles. The van der Waals surface area contributed by atoms with Gasteiger partial charge in [-0.15, -0.1) is 0 Å². The molecule has 9 heteroatoms. The summed E-state index contributed by atoms with van der Waals surface area (Å²) in [6.45, 7) is 0.392. The van der Waals surface area contributed by atoms with Crippen molar-refractivity contribution >= 4 is 21.7 Å². The number of carbonyl (C=O) groups is 1. The molecule has 0 unspecified atom stereocenters. The highest BCUT2D eigenvalue weighted by molar-refractivity contribution is 7.91. The Kier molecular flexibility index (Phi) is 7.40. The summed E-state index contributed by atoms with van der Waals surface area (Å²) >= 11 is 0. The first-order valence-electron chi connectivity index (χ1n) is 9.16. The molecule has 0 aromatic heterocycles. The Balaban J connectivity index is 2.08. The molecule has 3 N–H and O–H groups in total. The summed E-state index contributed by atoms with van der Waals surface area (Å²) in [4.78, 5) is 16.1. The topological polar surface area (TPSA) is 123 Å². The van der Waals surface area contributed by atoms with E-state index in [-0.39, 0.29) is 11.5 Å². The molecule has 0 heterocycles. The number of nitrogens with one attached hydrogen (secondary N) is 3.